The van der Waals surface area contributed by atoms with E-state index in [1.54, 1.807) is 0 Å². The van der Waals surface area contributed by atoms with Gasteiger partial charge in [-0.05, 0) is 50.5 Å². The van der Waals surface area contributed by atoms with Gasteiger partial charge >= 0.3 is 0 Å². The van der Waals surface area contributed by atoms with Crippen molar-refractivity contribution in [3.05, 3.63) is 59.7 Å². The van der Waals surface area contributed by atoms with Crippen LogP contribution < -0.4 is 5.32 Å². The van der Waals surface area contributed by atoms with Crippen LogP contribution in [0.3, 0.4) is 0 Å². The summed E-state index contributed by atoms with van der Waals surface area (Å²) in [6.07, 6.45) is 6.54. The summed E-state index contributed by atoms with van der Waals surface area (Å²) < 4.78 is 2.30. The van der Waals surface area contributed by atoms with E-state index in [-0.39, 0.29) is 6.04 Å². The minimum Gasteiger partial charge on any atom is -0.377 e. The molecular formula is C21H25N5. The molecule has 0 saturated heterocycles. The maximum absolute atomic E-state index is 4.49. The summed E-state index contributed by atoms with van der Waals surface area (Å²) in [6.45, 7) is 5.28. The molecule has 1 atom stereocenters. The lowest BCUT2D eigenvalue weighted by Crippen LogP contribution is -2.09. The first-order valence-electron chi connectivity index (χ1n) is 9.43. The van der Waals surface area contributed by atoms with Gasteiger partial charge in [-0.1, -0.05) is 24.6 Å². The third kappa shape index (κ3) is 3.34. The van der Waals surface area contributed by atoms with Crippen LogP contribution in [0.5, 0.6) is 0 Å². The Kier molecular flexibility index (Phi) is 4.69. The Hall–Kier alpha value is -2.69. The zero-order chi connectivity index (χ0) is 17.9. The summed E-state index contributed by atoms with van der Waals surface area (Å²) >= 11 is 0. The van der Waals surface area contributed by atoms with E-state index in [2.05, 4.69) is 63.2 Å². The van der Waals surface area contributed by atoms with Crippen LogP contribution in [0.25, 0.3) is 11.4 Å². The zero-order valence-electron chi connectivity index (χ0n) is 15.4. The van der Waals surface area contributed by atoms with Gasteiger partial charge < -0.3 is 9.88 Å². The predicted molar refractivity (Wildman–Crippen MR) is 104 cm³/mol. The number of anilines is 1. The fraction of sp³-hybridized carbons (Fsp3) is 0.381. The lowest BCUT2D eigenvalue weighted by molar-refractivity contribution is 0.636. The first-order valence-corrected chi connectivity index (χ1v) is 9.43. The van der Waals surface area contributed by atoms with Crippen LogP contribution in [-0.4, -0.2) is 19.7 Å². The molecule has 3 heterocycles. The van der Waals surface area contributed by atoms with Crippen molar-refractivity contribution in [1.29, 1.82) is 0 Å². The van der Waals surface area contributed by atoms with Crippen LogP contribution in [0.15, 0.2) is 42.6 Å². The molecule has 0 amide bonds. The molecule has 1 aromatic carbocycles. The summed E-state index contributed by atoms with van der Waals surface area (Å²) in [5.41, 5.74) is 4.49. The van der Waals surface area contributed by atoms with Crippen LogP contribution in [0, 0.1) is 6.92 Å². The van der Waals surface area contributed by atoms with Crippen molar-refractivity contribution < 1.29 is 0 Å². The van der Waals surface area contributed by atoms with Crippen molar-refractivity contribution >= 4 is 5.69 Å². The molecule has 0 saturated carbocycles. The van der Waals surface area contributed by atoms with Crippen molar-refractivity contribution in [3.63, 3.8) is 0 Å². The number of nitrogens with one attached hydrogen (secondary N) is 1. The van der Waals surface area contributed by atoms with E-state index in [1.165, 1.54) is 24.8 Å². The number of pyridine rings is 1. The van der Waals surface area contributed by atoms with Crippen molar-refractivity contribution in [2.75, 3.05) is 5.32 Å². The summed E-state index contributed by atoms with van der Waals surface area (Å²) in [7, 11) is 0. The first-order chi connectivity index (χ1) is 12.7. The first kappa shape index (κ1) is 16.8. The molecule has 1 aliphatic heterocycles. The summed E-state index contributed by atoms with van der Waals surface area (Å²) in [4.78, 5) is 4.46. The highest BCUT2D eigenvalue weighted by atomic mass is 15.3. The van der Waals surface area contributed by atoms with Gasteiger partial charge in [0.15, 0.2) is 5.82 Å². The van der Waals surface area contributed by atoms with Gasteiger partial charge in [0.1, 0.15) is 5.82 Å². The molecule has 4 rings (SSSR count). The Bertz CT molecular complexity index is 885. The topological polar surface area (TPSA) is 55.6 Å². The molecule has 3 aromatic rings. The lowest BCUT2D eigenvalue weighted by atomic mass is 10.1. The second kappa shape index (κ2) is 7.28. The lowest BCUT2D eigenvalue weighted by Gasteiger charge is -2.17. The fourth-order valence-corrected chi connectivity index (χ4v) is 3.55. The van der Waals surface area contributed by atoms with Gasteiger partial charge in [-0.25, -0.2) is 0 Å². The molecule has 0 bridgehead atoms. The second-order valence-electron chi connectivity index (χ2n) is 7.05. The van der Waals surface area contributed by atoms with Crippen LogP contribution in [0.4, 0.5) is 5.69 Å². The standard InChI is InChI=1S/C21H25N5/c1-15-10-11-17(21-25-24-20-9-4-3-7-13-26(20)21)14-19(15)23-16(2)18-8-5-6-12-22-18/h5-6,8,10-12,14,16,23H,3-4,7,9,13H2,1-2H3. The third-order valence-electron chi connectivity index (χ3n) is 5.11. The Morgan fingerprint density at radius 2 is 2.00 bits per heavy atom. The number of aryl methyl sites for hydroxylation is 2. The average molecular weight is 347 g/mol. The van der Waals surface area contributed by atoms with Crippen molar-refractivity contribution in [1.82, 2.24) is 19.7 Å². The highest BCUT2D eigenvalue weighted by Gasteiger charge is 2.17. The maximum Gasteiger partial charge on any atom is 0.164 e. The monoisotopic (exact) mass is 347 g/mol. The molecule has 134 valence electrons. The van der Waals surface area contributed by atoms with Crippen molar-refractivity contribution in [2.45, 2.75) is 52.1 Å². The minimum atomic E-state index is 0.140. The van der Waals surface area contributed by atoms with Crippen LogP contribution in [-0.2, 0) is 13.0 Å². The normalized spacial score (nSPS) is 15.2. The molecule has 1 aliphatic rings. The fourth-order valence-electron chi connectivity index (χ4n) is 3.55. The van der Waals surface area contributed by atoms with Crippen LogP contribution >= 0.6 is 0 Å². The van der Waals surface area contributed by atoms with E-state index in [9.17, 15) is 0 Å². The van der Waals surface area contributed by atoms with E-state index >= 15 is 0 Å². The Balaban J connectivity index is 1.64. The molecule has 5 nitrogen and oxygen atoms in total. The Morgan fingerprint density at radius 1 is 1.08 bits per heavy atom. The Morgan fingerprint density at radius 3 is 2.85 bits per heavy atom. The largest absolute Gasteiger partial charge is 0.377 e. The minimum absolute atomic E-state index is 0.140. The highest BCUT2D eigenvalue weighted by Crippen LogP contribution is 2.28. The molecule has 0 radical (unpaired) electrons. The highest BCUT2D eigenvalue weighted by molar-refractivity contribution is 5.66. The number of rotatable bonds is 4. The number of aromatic nitrogens is 4. The van der Waals surface area contributed by atoms with E-state index < -0.39 is 0 Å². The predicted octanol–water partition coefficient (Wildman–Crippen LogP) is 4.55. The molecule has 1 N–H and O–H groups in total. The smallest absolute Gasteiger partial charge is 0.164 e. The van der Waals surface area contributed by atoms with Gasteiger partial charge in [0.2, 0.25) is 0 Å². The van der Waals surface area contributed by atoms with Gasteiger partial charge in [0.25, 0.3) is 0 Å². The molecule has 2 aromatic heterocycles. The van der Waals surface area contributed by atoms with E-state index in [0.717, 1.165) is 41.6 Å². The van der Waals surface area contributed by atoms with Gasteiger partial charge in [0, 0.05) is 30.4 Å². The average Bonchev–Trinajstić information content (AvgIpc) is 2.92. The maximum atomic E-state index is 4.49. The van der Waals surface area contributed by atoms with Gasteiger partial charge in [-0.3, -0.25) is 4.98 Å². The number of hydrogen-bond donors (Lipinski definition) is 1. The summed E-state index contributed by atoms with van der Waals surface area (Å²) in [6, 6.07) is 12.6. The Labute approximate surface area is 154 Å². The molecule has 1 unspecified atom stereocenters. The number of benzene rings is 1. The van der Waals surface area contributed by atoms with Crippen LogP contribution in [0.1, 0.15) is 49.3 Å². The molecule has 0 aliphatic carbocycles. The number of nitrogens with zero attached hydrogens (tertiary/aromatic N) is 4. The summed E-state index contributed by atoms with van der Waals surface area (Å²) in [5.74, 6) is 2.10. The molecular weight excluding hydrogens is 322 g/mol. The third-order valence-corrected chi connectivity index (χ3v) is 5.11. The molecule has 5 heteroatoms. The van der Waals surface area contributed by atoms with Gasteiger partial charge in [-0.15, -0.1) is 10.2 Å². The van der Waals surface area contributed by atoms with Crippen LogP contribution in [0.2, 0.25) is 0 Å². The number of fused-ring (bicyclic) bond motifs is 1. The van der Waals surface area contributed by atoms with Gasteiger partial charge in [-0.2, -0.15) is 0 Å². The quantitative estimate of drug-likeness (QED) is 0.752. The molecule has 0 fully saturated rings. The van der Waals surface area contributed by atoms with Crippen molar-refractivity contribution in [2.24, 2.45) is 0 Å². The van der Waals surface area contributed by atoms with E-state index in [1.807, 2.05) is 18.3 Å². The molecule has 26 heavy (non-hydrogen) atoms. The summed E-state index contributed by atoms with van der Waals surface area (Å²) in [5, 5.41) is 12.5. The molecule has 0 spiro atoms. The van der Waals surface area contributed by atoms with E-state index in [4.69, 9.17) is 0 Å². The SMILES string of the molecule is Cc1ccc(-c2nnc3n2CCCCC3)cc1NC(C)c1ccccn1. The van der Waals surface area contributed by atoms with Crippen molar-refractivity contribution in [3.8, 4) is 11.4 Å². The second-order valence-corrected chi connectivity index (χ2v) is 7.05. The van der Waals surface area contributed by atoms with E-state index in [0.29, 0.717) is 0 Å². The number of hydrogen-bond acceptors (Lipinski definition) is 4. The van der Waals surface area contributed by atoms with Gasteiger partial charge in [0.05, 0.1) is 11.7 Å². The zero-order valence-corrected chi connectivity index (χ0v) is 15.4.